The topological polar surface area (TPSA) is 98.7 Å². The lowest BCUT2D eigenvalue weighted by Gasteiger charge is -2.15. The molecule has 7 heteroatoms. The van der Waals surface area contributed by atoms with Crippen molar-refractivity contribution in [1.82, 2.24) is 5.32 Å². The van der Waals surface area contributed by atoms with Gasteiger partial charge in [0.1, 0.15) is 5.54 Å². The fraction of sp³-hybridized carbons (Fsp3) is 0.333. The van der Waals surface area contributed by atoms with Crippen LogP contribution in [0.1, 0.15) is 6.42 Å². The highest BCUT2D eigenvalue weighted by Crippen LogP contribution is 2.43. The highest BCUT2D eigenvalue weighted by atomic mass is 35.5. The van der Waals surface area contributed by atoms with Crippen molar-refractivity contribution in [3.05, 3.63) is 29.3 Å². The van der Waals surface area contributed by atoms with E-state index in [0.717, 1.165) is 0 Å². The average molecular weight is 285 g/mol. The van der Waals surface area contributed by atoms with Crippen molar-refractivity contribution in [1.29, 1.82) is 0 Å². The first-order valence-corrected chi connectivity index (χ1v) is 6.05. The number of carbonyl (C=O) groups excluding carboxylic acids is 1. The van der Waals surface area contributed by atoms with Crippen LogP contribution in [-0.2, 0) is 4.79 Å². The summed E-state index contributed by atoms with van der Waals surface area (Å²) in [6.07, 6.45) is 0.229. The van der Waals surface area contributed by atoms with Gasteiger partial charge in [-0.25, -0.2) is 9.59 Å². The van der Waals surface area contributed by atoms with E-state index in [9.17, 15) is 9.59 Å². The van der Waals surface area contributed by atoms with E-state index < -0.39 is 23.5 Å². The Bertz CT molecular complexity index is 505. The fourth-order valence-electron chi connectivity index (χ4n) is 1.92. The summed E-state index contributed by atoms with van der Waals surface area (Å²) in [5.41, 5.74) is -0.853. The minimum Gasteiger partial charge on any atom is -0.479 e. The molecular weight excluding hydrogens is 272 g/mol. The van der Waals surface area contributed by atoms with Crippen LogP contribution >= 0.6 is 11.6 Å². The lowest BCUT2D eigenvalue weighted by Crippen LogP contribution is -2.47. The summed E-state index contributed by atoms with van der Waals surface area (Å²) in [7, 11) is 0. The normalized spacial score (nSPS) is 24.6. The second-order valence-corrected chi connectivity index (χ2v) is 4.88. The Hall–Kier alpha value is -1.79. The number of nitrogens with one attached hydrogen (secondary N) is 2. The molecule has 0 saturated heterocycles. The first-order valence-electron chi connectivity index (χ1n) is 5.67. The van der Waals surface area contributed by atoms with Gasteiger partial charge in [0.25, 0.3) is 0 Å². The monoisotopic (exact) mass is 284 g/mol. The van der Waals surface area contributed by atoms with Crippen LogP contribution in [0.5, 0.6) is 0 Å². The molecule has 1 saturated carbocycles. The summed E-state index contributed by atoms with van der Waals surface area (Å²) in [6.45, 7) is -0.270. The van der Waals surface area contributed by atoms with Gasteiger partial charge < -0.3 is 20.8 Å². The molecule has 0 unspecified atom stereocenters. The third-order valence-corrected chi connectivity index (χ3v) is 3.40. The van der Waals surface area contributed by atoms with Crippen LogP contribution in [-0.4, -0.2) is 34.4 Å². The summed E-state index contributed by atoms with van der Waals surface area (Å²) in [4.78, 5) is 22.8. The largest absolute Gasteiger partial charge is 0.479 e. The molecule has 1 aromatic carbocycles. The molecule has 1 aromatic rings. The Morgan fingerprint density at radius 3 is 2.47 bits per heavy atom. The molecule has 0 spiro atoms. The number of anilines is 1. The zero-order valence-corrected chi connectivity index (χ0v) is 10.6. The lowest BCUT2D eigenvalue weighted by molar-refractivity contribution is -0.141. The second kappa shape index (κ2) is 5.07. The first kappa shape index (κ1) is 13.6. The number of carboxylic acids is 1. The average Bonchev–Trinajstić information content (AvgIpc) is 3.07. The number of benzene rings is 1. The summed E-state index contributed by atoms with van der Waals surface area (Å²) in [5.74, 6) is -1.58. The predicted molar refractivity (Wildman–Crippen MR) is 69.2 cm³/mol. The van der Waals surface area contributed by atoms with E-state index in [4.69, 9.17) is 21.8 Å². The van der Waals surface area contributed by atoms with Gasteiger partial charge in [0, 0.05) is 23.2 Å². The highest BCUT2D eigenvalue weighted by Gasteiger charge is 2.61. The molecule has 0 aliphatic heterocycles. The first-order chi connectivity index (χ1) is 8.98. The Kier molecular flexibility index (Phi) is 3.64. The molecule has 0 radical (unpaired) electrons. The fourth-order valence-corrected chi connectivity index (χ4v) is 2.04. The number of amides is 2. The smallest absolute Gasteiger partial charge is 0.329 e. The van der Waals surface area contributed by atoms with Gasteiger partial charge in [-0.2, -0.15) is 0 Å². The SMILES string of the molecule is O=C(Nc1ccc(Cl)cc1)N[C@@]1(C(=O)O)C[C@@H]1CO. The molecule has 6 nitrogen and oxygen atoms in total. The van der Waals surface area contributed by atoms with Crippen LogP contribution < -0.4 is 10.6 Å². The third kappa shape index (κ3) is 2.80. The second-order valence-electron chi connectivity index (χ2n) is 4.45. The minimum atomic E-state index is -1.36. The number of aliphatic hydroxyl groups excluding tert-OH is 1. The number of rotatable bonds is 4. The van der Waals surface area contributed by atoms with Crippen molar-refractivity contribution in [2.24, 2.45) is 5.92 Å². The molecule has 1 fully saturated rings. The van der Waals surface area contributed by atoms with E-state index in [0.29, 0.717) is 10.7 Å². The van der Waals surface area contributed by atoms with Gasteiger partial charge in [-0.15, -0.1) is 0 Å². The zero-order chi connectivity index (χ0) is 14.0. The number of hydrogen-bond donors (Lipinski definition) is 4. The number of hydrogen-bond acceptors (Lipinski definition) is 3. The standard InChI is InChI=1S/C12H13ClN2O4/c13-8-1-3-9(4-2-8)14-11(19)15-12(10(17)18)5-7(12)6-16/h1-4,7,16H,5-6H2,(H,17,18)(H2,14,15,19)/t7-,12+/m1/s1. The molecule has 2 rings (SSSR count). The predicted octanol–water partition coefficient (Wildman–Crippen LogP) is 1.30. The molecule has 1 aliphatic rings. The van der Waals surface area contributed by atoms with Crippen LogP contribution in [0.3, 0.4) is 0 Å². The number of carboxylic acid groups (broad SMARTS) is 1. The Balaban J connectivity index is 1.98. The summed E-state index contributed by atoms with van der Waals surface area (Å²) in [5, 5.41) is 23.5. The molecule has 0 bridgehead atoms. The molecule has 4 N–H and O–H groups in total. The molecule has 0 heterocycles. The van der Waals surface area contributed by atoms with Gasteiger partial charge in [-0.05, 0) is 30.7 Å². The molecule has 1 aliphatic carbocycles. The van der Waals surface area contributed by atoms with E-state index in [1.807, 2.05) is 0 Å². The van der Waals surface area contributed by atoms with Crippen molar-refractivity contribution >= 4 is 29.3 Å². The maximum absolute atomic E-state index is 11.7. The van der Waals surface area contributed by atoms with Crippen LogP contribution in [0.25, 0.3) is 0 Å². The minimum absolute atomic E-state index is 0.229. The number of aliphatic hydroxyl groups is 1. The van der Waals surface area contributed by atoms with E-state index in [1.54, 1.807) is 24.3 Å². The molecule has 102 valence electrons. The van der Waals surface area contributed by atoms with Gasteiger partial charge in [-0.1, -0.05) is 11.6 Å². The Morgan fingerprint density at radius 1 is 1.37 bits per heavy atom. The van der Waals surface area contributed by atoms with Gasteiger partial charge in [0.15, 0.2) is 0 Å². The van der Waals surface area contributed by atoms with Crippen molar-refractivity contribution in [3.8, 4) is 0 Å². The highest BCUT2D eigenvalue weighted by molar-refractivity contribution is 6.30. The van der Waals surface area contributed by atoms with Crippen LogP contribution in [0.2, 0.25) is 5.02 Å². The molecule has 2 amide bonds. The summed E-state index contributed by atoms with van der Waals surface area (Å²) in [6, 6.07) is 5.80. The quantitative estimate of drug-likeness (QED) is 0.670. The molecular formula is C12H13ClN2O4. The molecule has 2 atom stereocenters. The van der Waals surface area contributed by atoms with Crippen LogP contribution in [0.4, 0.5) is 10.5 Å². The number of halogens is 1. The molecule has 19 heavy (non-hydrogen) atoms. The third-order valence-electron chi connectivity index (χ3n) is 3.15. The lowest BCUT2D eigenvalue weighted by atomic mass is 10.2. The van der Waals surface area contributed by atoms with Crippen molar-refractivity contribution in [2.75, 3.05) is 11.9 Å². The van der Waals surface area contributed by atoms with Crippen LogP contribution in [0.15, 0.2) is 24.3 Å². The van der Waals surface area contributed by atoms with Crippen molar-refractivity contribution in [3.63, 3.8) is 0 Å². The zero-order valence-electron chi connectivity index (χ0n) is 9.89. The van der Waals surface area contributed by atoms with E-state index >= 15 is 0 Å². The van der Waals surface area contributed by atoms with Crippen molar-refractivity contribution < 1.29 is 19.8 Å². The molecule has 0 aromatic heterocycles. The van der Waals surface area contributed by atoms with Crippen LogP contribution in [0, 0.1) is 5.92 Å². The van der Waals surface area contributed by atoms with E-state index in [2.05, 4.69) is 10.6 Å². The Morgan fingerprint density at radius 2 is 2.00 bits per heavy atom. The van der Waals surface area contributed by atoms with E-state index in [1.165, 1.54) is 0 Å². The van der Waals surface area contributed by atoms with Crippen molar-refractivity contribution in [2.45, 2.75) is 12.0 Å². The summed E-state index contributed by atoms with van der Waals surface area (Å²) >= 11 is 5.71. The van der Waals surface area contributed by atoms with Gasteiger partial charge in [0.2, 0.25) is 0 Å². The Labute approximate surface area is 114 Å². The summed E-state index contributed by atoms with van der Waals surface area (Å²) < 4.78 is 0. The number of carbonyl (C=O) groups is 2. The number of urea groups is 1. The van der Waals surface area contributed by atoms with Gasteiger partial charge in [0.05, 0.1) is 0 Å². The maximum Gasteiger partial charge on any atom is 0.329 e. The maximum atomic E-state index is 11.7. The van der Waals surface area contributed by atoms with E-state index in [-0.39, 0.29) is 13.0 Å². The van der Waals surface area contributed by atoms with Gasteiger partial charge in [-0.3, -0.25) is 0 Å². The van der Waals surface area contributed by atoms with Gasteiger partial charge >= 0.3 is 12.0 Å². The number of aliphatic carboxylic acids is 1.